The Morgan fingerprint density at radius 2 is 1.90 bits per heavy atom. The number of aromatic amines is 1. The number of benzene rings is 2. The maximum absolute atomic E-state index is 12.7. The number of fused-ring (bicyclic) bond motifs is 1. The van der Waals surface area contributed by atoms with E-state index in [9.17, 15) is 4.79 Å². The van der Waals surface area contributed by atoms with E-state index in [2.05, 4.69) is 52.5 Å². The number of aromatic nitrogens is 1. The highest BCUT2D eigenvalue weighted by Crippen LogP contribution is 2.25. The first-order chi connectivity index (χ1) is 14.6. The van der Waals surface area contributed by atoms with Gasteiger partial charge in [-0.15, -0.1) is 0 Å². The van der Waals surface area contributed by atoms with E-state index in [4.69, 9.17) is 12.2 Å². The largest absolute Gasteiger partial charge is 0.362 e. The van der Waals surface area contributed by atoms with Gasteiger partial charge in [-0.3, -0.25) is 4.79 Å². The van der Waals surface area contributed by atoms with E-state index in [0.29, 0.717) is 12.6 Å². The molecule has 0 amide bonds. The van der Waals surface area contributed by atoms with Crippen LogP contribution in [0.2, 0.25) is 0 Å². The van der Waals surface area contributed by atoms with Crippen LogP contribution in [-0.2, 0) is 13.0 Å². The topological polar surface area (TPSA) is 48.1 Å². The van der Waals surface area contributed by atoms with Gasteiger partial charge in [0.05, 0.1) is 6.54 Å². The fourth-order valence-corrected chi connectivity index (χ4v) is 4.63. The van der Waals surface area contributed by atoms with Crippen molar-refractivity contribution in [1.82, 2.24) is 15.2 Å². The van der Waals surface area contributed by atoms with Gasteiger partial charge in [-0.1, -0.05) is 54.8 Å². The molecular formula is C25H29N3OS. The van der Waals surface area contributed by atoms with E-state index in [0.717, 1.165) is 47.4 Å². The van der Waals surface area contributed by atoms with Crippen LogP contribution in [0.5, 0.6) is 0 Å². The molecule has 0 aliphatic heterocycles. The molecule has 0 unspecified atom stereocenters. The predicted molar refractivity (Wildman–Crippen MR) is 128 cm³/mol. The van der Waals surface area contributed by atoms with Gasteiger partial charge >= 0.3 is 0 Å². The van der Waals surface area contributed by atoms with Crippen LogP contribution < -0.4 is 10.9 Å². The Morgan fingerprint density at radius 3 is 2.67 bits per heavy atom. The van der Waals surface area contributed by atoms with Gasteiger partial charge in [-0.2, -0.15) is 0 Å². The second-order valence-corrected chi connectivity index (χ2v) is 8.63. The monoisotopic (exact) mass is 419 g/mol. The summed E-state index contributed by atoms with van der Waals surface area (Å²) in [6.07, 6.45) is 5.63. The van der Waals surface area contributed by atoms with Gasteiger partial charge in [0.25, 0.3) is 5.56 Å². The molecule has 0 radical (unpaired) electrons. The molecule has 156 valence electrons. The lowest BCUT2D eigenvalue weighted by molar-refractivity contribution is 0.302. The normalized spacial score (nSPS) is 14.2. The lowest BCUT2D eigenvalue weighted by Crippen LogP contribution is -2.45. The average molecular weight is 420 g/mol. The fourth-order valence-electron chi connectivity index (χ4n) is 4.31. The number of nitrogens with zero attached hydrogens (tertiary/aromatic N) is 1. The van der Waals surface area contributed by atoms with Crippen LogP contribution in [0.25, 0.3) is 10.9 Å². The Kier molecular flexibility index (Phi) is 6.48. The third-order valence-electron chi connectivity index (χ3n) is 5.98. The molecule has 0 bridgehead atoms. The standard InChI is InChI=1S/C25H29N3OS/c1-18-11-12-23-20(15-18)16-21(24(29)27-23)17-28(22-9-5-6-10-22)25(30)26-14-13-19-7-3-2-4-8-19/h2-4,7-8,11-12,15-16,22H,5-6,9-10,13-14,17H2,1H3,(H,26,30)(H,27,29). The molecule has 1 fully saturated rings. The summed E-state index contributed by atoms with van der Waals surface area (Å²) in [6.45, 7) is 3.40. The van der Waals surface area contributed by atoms with Crippen molar-refractivity contribution in [3.63, 3.8) is 0 Å². The zero-order chi connectivity index (χ0) is 20.9. The first-order valence-electron chi connectivity index (χ1n) is 10.8. The number of pyridine rings is 1. The number of rotatable bonds is 6. The van der Waals surface area contributed by atoms with E-state index in [1.165, 1.54) is 24.0 Å². The summed E-state index contributed by atoms with van der Waals surface area (Å²) in [4.78, 5) is 18.0. The van der Waals surface area contributed by atoms with Crippen molar-refractivity contribution in [3.8, 4) is 0 Å². The first-order valence-corrected chi connectivity index (χ1v) is 11.2. The molecule has 5 heteroatoms. The van der Waals surface area contributed by atoms with Crippen molar-refractivity contribution in [2.75, 3.05) is 6.54 Å². The molecule has 0 spiro atoms. The van der Waals surface area contributed by atoms with Crippen LogP contribution in [-0.4, -0.2) is 27.6 Å². The van der Waals surface area contributed by atoms with Crippen LogP contribution in [0, 0.1) is 6.92 Å². The number of thiocarbonyl (C=S) groups is 1. The highest BCUT2D eigenvalue weighted by Gasteiger charge is 2.25. The van der Waals surface area contributed by atoms with Crippen LogP contribution in [0.3, 0.4) is 0 Å². The van der Waals surface area contributed by atoms with Crippen molar-refractivity contribution >= 4 is 28.2 Å². The molecule has 0 atom stereocenters. The van der Waals surface area contributed by atoms with Gasteiger partial charge < -0.3 is 15.2 Å². The van der Waals surface area contributed by atoms with Gasteiger partial charge in [0.2, 0.25) is 0 Å². The van der Waals surface area contributed by atoms with Crippen molar-refractivity contribution in [2.45, 2.75) is 51.6 Å². The molecule has 3 aromatic rings. The molecule has 2 aromatic carbocycles. The summed E-state index contributed by atoms with van der Waals surface area (Å²) >= 11 is 5.79. The summed E-state index contributed by atoms with van der Waals surface area (Å²) < 4.78 is 0. The van der Waals surface area contributed by atoms with Crippen molar-refractivity contribution in [2.24, 2.45) is 0 Å². The highest BCUT2D eigenvalue weighted by molar-refractivity contribution is 7.80. The third-order valence-corrected chi connectivity index (χ3v) is 6.36. The minimum absolute atomic E-state index is 0.0264. The summed E-state index contributed by atoms with van der Waals surface area (Å²) in [7, 11) is 0. The summed E-state index contributed by atoms with van der Waals surface area (Å²) in [6, 6.07) is 19.0. The molecule has 0 saturated heterocycles. The quantitative estimate of drug-likeness (QED) is 0.569. The van der Waals surface area contributed by atoms with Gasteiger partial charge in [-0.25, -0.2) is 0 Å². The number of aryl methyl sites for hydroxylation is 1. The summed E-state index contributed by atoms with van der Waals surface area (Å²) in [5.74, 6) is 0. The van der Waals surface area contributed by atoms with E-state index >= 15 is 0 Å². The Labute approximate surface area is 183 Å². The molecule has 1 aromatic heterocycles. The third kappa shape index (κ3) is 4.90. The van der Waals surface area contributed by atoms with Gasteiger partial charge in [0.1, 0.15) is 0 Å². The van der Waals surface area contributed by atoms with Crippen molar-refractivity contribution in [1.29, 1.82) is 0 Å². The lowest BCUT2D eigenvalue weighted by Gasteiger charge is -2.31. The molecule has 2 N–H and O–H groups in total. The number of hydrogen-bond donors (Lipinski definition) is 2. The Bertz CT molecular complexity index is 1070. The first kappa shape index (κ1) is 20.6. The maximum atomic E-state index is 12.7. The van der Waals surface area contributed by atoms with E-state index < -0.39 is 0 Å². The molecular weight excluding hydrogens is 390 g/mol. The number of H-pyrrole nitrogens is 1. The van der Waals surface area contributed by atoms with Crippen LogP contribution in [0.1, 0.15) is 42.4 Å². The Balaban J connectivity index is 1.51. The SMILES string of the molecule is Cc1ccc2[nH]c(=O)c(CN(C(=S)NCCc3ccccc3)C3CCCC3)cc2c1. The molecule has 1 aliphatic carbocycles. The summed E-state index contributed by atoms with van der Waals surface area (Å²) in [5.41, 5.74) is 4.10. The summed E-state index contributed by atoms with van der Waals surface area (Å²) in [5, 5.41) is 5.26. The second-order valence-electron chi connectivity index (χ2n) is 8.25. The van der Waals surface area contributed by atoms with Crippen molar-refractivity contribution < 1.29 is 0 Å². The lowest BCUT2D eigenvalue weighted by atomic mass is 10.1. The molecule has 1 saturated carbocycles. The zero-order valence-corrected chi connectivity index (χ0v) is 18.3. The number of nitrogens with one attached hydrogen (secondary N) is 2. The molecule has 30 heavy (non-hydrogen) atoms. The van der Waals surface area contributed by atoms with E-state index in [1.54, 1.807) is 0 Å². The van der Waals surface area contributed by atoms with Crippen LogP contribution in [0.15, 0.2) is 59.4 Å². The zero-order valence-electron chi connectivity index (χ0n) is 17.5. The number of hydrogen-bond acceptors (Lipinski definition) is 2. The smallest absolute Gasteiger partial charge is 0.253 e. The van der Waals surface area contributed by atoms with Crippen LogP contribution in [0.4, 0.5) is 0 Å². The van der Waals surface area contributed by atoms with Crippen LogP contribution >= 0.6 is 12.2 Å². The molecule has 4 nitrogen and oxygen atoms in total. The second kappa shape index (κ2) is 9.43. The van der Waals surface area contributed by atoms with Gasteiger partial charge in [0, 0.05) is 23.7 Å². The van der Waals surface area contributed by atoms with E-state index in [1.807, 2.05) is 24.3 Å². The van der Waals surface area contributed by atoms with Crippen molar-refractivity contribution in [3.05, 3.63) is 81.6 Å². The maximum Gasteiger partial charge on any atom is 0.253 e. The van der Waals surface area contributed by atoms with Gasteiger partial charge in [0.15, 0.2) is 5.11 Å². The fraction of sp³-hybridized carbons (Fsp3) is 0.360. The van der Waals surface area contributed by atoms with Gasteiger partial charge in [-0.05, 0) is 67.6 Å². The minimum atomic E-state index is -0.0264. The minimum Gasteiger partial charge on any atom is -0.362 e. The Hall–Kier alpha value is -2.66. The predicted octanol–water partition coefficient (Wildman–Crippen LogP) is 4.70. The van der Waals surface area contributed by atoms with E-state index in [-0.39, 0.29) is 5.56 Å². The average Bonchev–Trinajstić information content (AvgIpc) is 3.27. The Morgan fingerprint density at radius 1 is 1.13 bits per heavy atom. The molecule has 4 rings (SSSR count). The highest BCUT2D eigenvalue weighted by atomic mass is 32.1. The molecule has 1 heterocycles. The molecule has 1 aliphatic rings.